The summed E-state index contributed by atoms with van der Waals surface area (Å²) in [7, 11) is 0. The van der Waals surface area contributed by atoms with Gasteiger partial charge < -0.3 is 4.74 Å². The molecule has 1 unspecified atom stereocenters. The van der Waals surface area contributed by atoms with Gasteiger partial charge in [-0.05, 0) is 50.1 Å². The second-order valence-electron chi connectivity index (χ2n) is 5.48. The van der Waals surface area contributed by atoms with Gasteiger partial charge in [0.2, 0.25) is 5.88 Å². The normalized spacial score (nSPS) is 25.2. The van der Waals surface area contributed by atoms with E-state index >= 15 is 0 Å². The minimum absolute atomic E-state index is 0.259. The summed E-state index contributed by atoms with van der Waals surface area (Å²) in [5.74, 6) is 0.932. The molecule has 3 heteroatoms. The molecular formula is C16H17NO2. The van der Waals surface area contributed by atoms with E-state index in [4.69, 9.17) is 4.74 Å². The Kier molecular flexibility index (Phi) is 2.77. The van der Waals surface area contributed by atoms with Gasteiger partial charge in [0.05, 0.1) is 0 Å². The third kappa shape index (κ3) is 2.09. The van der Waals surface area contributed by atoms with Crippen molar-refractivity contribution in [2.75, 3.05) is 0 Å². The molecule has 1 spiro atoms. The van der Waals surface area contributed by atoms with Crippen molar-refractivity contribution < 1.29 is 9.53 Å². The molecule has 3 rings (SSSR count). The zero-order valence-corrected chi connectivity index (χ0v) is 11.3. The zero-order valence-electron chi connectivity index (χ0n) is 11.3. The molecule has 0 bridgehead atoms. The fourth-order valence-corrected chi connectivity index (χ4v) is 2.73. The second kappa shape index (κ2) is 4.34. The van der Waals surface area contributed by atoms with E-state index in [-0.39, 0.29) is 11.4 Å². The molecule has 0 aromatic carbocycles. The van der Waals surface area contributed by atoms with E-state index < -0.39 is 0 Å². The smallest absolute Gasteiger partial charge is 0.221 e. The molecule has 3 nitrogen and oxygen atoms in total. The van der Waals surface area contributed by atoms with Gasteiger partial charge in [-0.3, -0.25) is 4.79 Å². The number of carbonyl (C=O) groups excluding carboxylic acids is 1. The quantitative estimate of drug-likeness (QED) is 0.668. The summed E-state index contributed by atoms with van der Waals surface area (Å²) in [5, 5.41) is 0. The van der Waals surface area contributed by atoms with E-state index in [1.54, 1.807) is 6.20 Å². The first kappa shape index (κ1) is 12.2. The van der Waals surface area contributed by atoms with Gasteiger partial charge in [0.15, 0.2) is 5.78 Å². The van der Waals surface area contributed by atoms with Crippen LogP contribution in [0.25, 0.3) is 6.08 Å². The van der Waals surface area contributed by atoms with Crippen LogP contribution in [0.15, 0.2) is 35.6 Å². The molecule has 2 heterocycles. The molecule has 1 fully saturated rings. The highest BCUT2D eigenvalue weighted by molar-refractivity contribution is 5.97. The van der Waals surface area contributed by atoms with Crippen LogP contribution < -0.4 is 4.74 Å². The van der Waals surface area contributed by atoms with Crippen LogP contribution in [0.5, 0.6) is 5.88 Å². The van der Waals surface area contributed by atoms with Gasteiger partial charge in [0.25, 0.3) is 0 Å². The molecule has 98 valence electrons. The molecular weight excluding hydrogens is 238 g/mol. The van der Waals surface area contributed by atoms with Gasteiger partial charge in [-0.15, -0.1) is 0 Å². The minimum Gasteiger partial charge on any atom is -0.466 e. The number of hydrogen-bond donors (Lipinski definition) is 0. The van der Waals surface area contributed by atoms with Crippen molar-refractivity contribution in [2.45, 2.75) is 38.7 Å². The van der Waals surface area contributed by atoms with Gasteiger partial charge in [-0.25, -0.2) is 4.98 Å². The van der Waals surface area contributed by atoms with Crippen molar-refractivity contribution >= 4 is 11.9 Å². The Bertz CT molecular complexity index is 597. The molecule has 0 amide bonds. The average Bonchev–Trinajstić information content (AvgIpc) is 2.41. The summed E-state index contributed by atoms with van der Waals surface area (Å²) in [6, 6.07) is 3.89. The van der Waals surface area contributed by atoms with E-state index in [2.05, 4.69) is 17.1 Å². The monoisotopic (exact) mass is 255 g/mol. The van der Waals surface area contributed by atoms with E-state index in [1.807, 2.05) is 26.0 Å². The third-order valence-electron chi connectivity index (χ3n) is 3.86. The zero-order chi connectivity index (χ0) is 13.5. The summed E-state index contributed by atoms with van der Waals surface area (Å²) in [6.45, 7) is 3.98. The van der Waals surface area contributed by atoms with Crippen LogP contribution in [0.1, 0.15) is 38.7 Å². The number of ether oxygens (including phenoxy) is 1. The van der Waals surface area contributed by atoms with Crippen LogP contribution in [0.2, 0.25) is 0 Å². The van der Waals surface area contributed by atoms with Gasteiger partial charge in [0, 0.05) is 24.6 Å². The number of hydrogen-bond acceptors (Lipinski definition) is 3. The molecule has 1 atom stereocenters. The number of allylic oxidation sites excluding steroid dienone is 1. The molecule has 1 aliphatic heterocycles. The molecule has 1 saturated carbocycles. The predicted octanol–water partition coefficient (Wildman–Crippen LogP) is 3.32. The predicted molar refractivity (Wildman–Crippen MR) is 73.9 cm³/mol. The Morgan fingerprint density at radius 1 is 1.42 bits per heavy atom. The van der Waals surface area contributed by atoms with Crippen LogP contribution in [-0.4, -0.2) is 16.4 Å². The number of pyridine rings is 1. The fourth-order valence-electron chi connectivity index (χ4n) is 2.73. The topological polar surface area (TPSA) is 39.2 Å². The maximum absolute atomic E-state index is 12.0. The molecule has 2 aliphatic rings. The molecule has 1 aliphatic carbocycles. The van der Waals surface area contributed by atoms with E-state index in [0.29, 0.717) is 18.7 Å². The van der Waals surface area contributed by atoms with Crippen molar-refractivity contribution in [3.63, 3.8) is 0 Å². The first-order valence-corrected chi connectivity index (χ1v) is 6.62. The summed E-state index contributed by atoms with van der Waals surface area (Å²) in [6.07, 6.45) is 7.82. The second-order valence-corrected chi connectivity index (χ2v) is 5.48. The molecule has 1 aromatic rings. The highest BCUT2D eigenvalue weighted by Gasteiger charge is 2.39. The number of fused-ring (bicyclic) bond motifs is 1. The number of carbonyl (C=O) groups is 1. The number of ketones is 1. The summed E-state index contributed by atoms with van der Waals surface area (Å²) in [4.78, 5) is 16.2. The maximum atomic E-state index is 12.0. The Balaban J connectivity index is 1.96. The minimum atomic E-state index is -0.387. The molecule has 0 radical (unpaired) electrons. The van der Waals surface area contributed by atoms with Gasteiger partial charge in [-0.2, -0.15) is 0 Å². The fraction of sp³-hybridized carbons (Fsp3) is 0.375. The van der Waals surface area contributed by atoms with Crippen LogP contribution in [0.4, 0.5) is 0 Å². The van der Waals surface area contributed by atoms with Crippen molar-refractivity contribution in [3.8, 4) is 5.88 Å². The van der Waals surface area contributed by atoms with Crippen LogP contribution in [0, 0.1) is 0 Å². The lowest BCUT2D eigenvalue weighted by Crippen LogP contribution is -2.41. The number of Topliss-reactive ketones (excluding diaryl/α,β-unsaturated/α-hetero) is 1. The summed E-state index contributed by atoms with van der Waals surface area (Å²) < 4.78 is 6.10. The highest BCUT2D eigenvalue weighted by Crippen LogP contribution is 2.40. The molecule has 0 N–H and O–H groups in total. The lowest BCUT2D eigenvalue weighted by molar-refractivity contribution is -0.118. The first-order valence-electron chi connectivity index (χ1n) is 6.62. The first-order chi connectivity index (χ1) is 9.10. The van der Waals surface area contributed by atoms with E-state index in [0.717, 1.165) is 23.1 Å². The largest absolute Gasteiger partial charge is 0.466 e. The Morgan fingerprint density at radius 3 is 3.05 bits per heavy atom. The van der Waals surface area contributed by atoms with Crippen molar-refractivity contribution in [1.29, 1.82) is 0 Å². The molecule has 0 saturated heterocycles. The lowest BCUT2D eigenvalue weighted by Gasteiger charge is -2.38. The lowest BCUT2D eigenvalue weighted by atomic mass is 9.78. The summed E-state index contributed by atoms with van der Waals surface area (Å²) in [5.41, 5.74) is 2.62. The molecule has 1 aromatic heterocycles. The van der Waals surface area contributed by atoms with Crippen molar-refractivity contribution in [1.82, 2.24) is 4.98 Å². The average molecular weight is 255 g/mol. The maximum Gasteiger partial charge on any atom is 0.221 e. The van der Waals surface area contributed by atoms with Gasteiger partial charge >= 0.3 is 0 Å². The van der Waals surface area contributed by atoms with Crippen molar-refractivity contribution in [3.05, 3.63) is 41.1 Å². The van der Waals surface area contributed by atoms with Gasteiger partial charge in [-0.1, -0.05) is 5.57 Å². The van der Waals surface area contributed by atoms with E-state index in [9.17, 15) is 4.79 Å². The molecule has 19 heavy (non-hydrogen) atoms. The SMILES string of the molecule is CC(C)=C1CC2(C=Cc3cccnc3O2)CCC1=O. The third-order valence-corrected chi connectivity index (χ3v) is 3.86. The van der Waals surface area contributed by atoms with Crippen LogP contribution in [-0.2, 0) is 4.79 Å². The Morgan fingerprint density at radius 2 is 2.26 bits per heavy atom. The number of aromatic nitrogens is 1. The van der Waals surface area contributed by atoms with E-state index in [1.165, 1.54) is 0 Å². The van der Waals surface area contributed by atoms with Crippen molar-refractivity contribution in [2.24, 2.45) is 0 Å². The Hall–Kier alpha value is -1.90. The number of nitrogens with zero attached hydrogens (tertiary/aromatic N) is 1. The van der Waals surface area contributed by atoms with Crippen LogP contribution >= 0.6 is 0 Å². The highest BCUT2D eigenvalue weighted by atomic mass is 16.5. The van der Waals surface area contributed by atoms with Crippen LogP contribution in [0.3, 0.4) is 0 Å². The standard InChI is InChI=1S/C16H17NO2/c1-11(2)13-10-16(8-6-14(13)18)7-5-12-4-3-9-17-15(12)19-16/h3-5,7,9H,6,8,10H2,1-2H3. The number of rotatable bonds is 0. The van der Waals surface area contributed by atoms with Gasteiger partial charge in [0.1, 0.15) is 5.60 Å². The summed E-state index contributed by atoms with van der Waals surface area (Å²) >= 11 is 0. The Labute approximate surface area is 113 Å².